The van der Waals surface area contributed by atoms with Gasteiger partial charge in [0.25, 0.3) is 0 Å². The van der Waals surface area contributed by atoms with Crippen LogP contribution in [0.3, 0.4) is 0 Å². The number of carbonyl (C=O) groups excluding carboxylic acids is 2. The van der Waals surface area contributed by atoms with Gasteiger partial charge in [-0.2, -0.15) is 0 Å². The molecule has 1 amide bonds. The van der Waals surface area contributed by atoms with Gasteiger partial charge in [-0.1, -0.05) is 17.3 Å². The highest BCUT2D eigenvalue weighted by Crippen LogP contribution is 2.38. The number of hydrogen-bond donors (Lipinski definition) is 2. The quantitative estimate of drug-likeness (QED) is 0.265. The van der Waals surface area contributed by atoms with E-state index in [4.69, 9.17) is 25.2 Å². The van der Waals surface area contributed by atoms with Crippen LogP contribution < -0.4 is 10.5 Å². The Morgan fingerprint density at radius 1 is 1.39 bits per heavy atom. The summed E-state index contributed by atoms with van der Waals surface area (Å²) >= 11 is 0. The first-order valence-electron chi connectivity index (χ1n) is 8.98. The molecule has 1 aliphatic rings. The largest absolute Gasteiger partial charge is 0.491 e. The molecule has 0 saturated carbocycles. The van der Waals surface area contributed by atoms with Crippen LogP contribution >= 0.6 is 0 Å². The molecule has 0 fully saturated rings. The molecule has 2 rings (SSSR count). The summed E-state index contributed by atoms with van der Waals surface area (Å²) in [4.78, 5) is 26.1. The average Bonchev–Trinajstić information content (AvgIpc) is 2.83. The normalized spacial score (nSPS) is 17.2. The Bertz CT molecular complexity index is 757. The van der Waals surface area contributed by atoms with E-state index >= 15 is 0 Å². The van der Waals surface area contributed by atoms with Crippen molar-refractivity contribution in [3.63, 3.8) is 0 Å². The van der Waals surface area contributed by atoms with Crippen LogP contribution in [0.4, 0.5) is 4.79 Å². The van der Waals surface area contributed by atoms with E-state index in [1.807, 2.05) is 0 Å². The first-order chi connectivity index (χ1) is 13.2. The fourth-order valence-electron chi connectivity index (χ4n) is 3.01. The molecular formula is C19H27N3O6. The Kier molecular flexibility index (Phi) is 6.71. The molecule has 1 unspecified atom stereocenters. The zero-order valence-corrected chi connectivity index (χ0v) is 16.6. The van der Waals surface area contributed by atoms with Crippen molar-refractivity contribution < 1.29 is 29.0 Å². The minimum absolute atomic E-state index is 0.103. The summed E-state index contributed by atoms with van der Waals surface area (Å²) < 4.78 is 16.1. The summed E-state index contributed by atoms with van der Waals surface area (Å²) in [5.74, 6) is -0.0727. The molecule has 9 nitrogen and oxygen atoms in total. The van der Waals surface area contributed by atoms with Crippen LogP contribution in [0.2, 0.25) is 0 Å². The number of nitrogens with zero attached hydrogens (tertiary/aromatic N) is 2. The van der Waals surface area contributed by atoms with Gasteiger partial charge in [0, 0.05) is 12.0 Å². The van der Waals surface area contributed by atoms with E-state index in [0.29, 0.717) is 23.3 Å². The maximum Gasteiger partial charge on any atom is 0.410 e. The van der Waals surface area contributed by atoms with Crippen LogP contribution in [-0.2, 0) is 14.3 Å². The molecule has 1 heterocycles. The predicted molar refractivity (Wildman–Crippen MR) is 101 cm³/mol. The maximum atomic E-state index is 12.8. The SMILES string of the molecule is COC(=O)CCC1c2cccc(/C(N)=N/O)c2OCCN1C(=O)OC(C)(C)C. The van der Waals surface area contributed by atoms with E-state index in [1.54, 1.807) is 39.0 Å². The standard InChI is InChI=1S/C19H27N3O6/c1-19(2,3)28-18(24)22-10-11-27-16-12(14(22)8-9-15(23)26-4)6-5-7-13(16)17(20)21-25/h5-7,14,25H,8-11H2,1-4H3,(H2,20,21). The number of rotatable bonds is 4. The molecule has 0 saturated heterocycles. The lowest BCUT2D eigenvalue weighted by molar-refractivity contribution is -0.141. The van der Waals surface area contributed by atoms with E-state index in [-0.39, 0.29) is 31.4 Å². The van der Waals surface area contributed by atoms with Crippen LogP contribution in [-0.4, -0.2) is 53.9 Å². The molecule has 0 spiro atoms. The number of fused-ring (bicyclic) bond motifs is 1. The molecule has 3 N–H and O–H groups in total. The molecule has 1 aromatic rings. The number of benzene rings is 1. The summed E-state index contributed by atoms with van der Waals surface area (Å²) in [6, 6.07) is 4.67. The Balaban J connectivity index is 2.48. The predicted octanol–water partition coefficient (Wildman–Crippen LogP) is 2.40. The van der Waals surface area contributed by atoms with Crippen LogP contribution in [0.15, 0.2) is 23.4 Å². The molecule has 0 bridgehead atoms. The zero-order valence-electron chi connectivity index (χ0n) is 16.6. The van der Waals surface area contributed by atoms with Gasteiger partial charge in [0.15, 0.2) is 5.84 Å². The molecule has 0 radical (unpaired) electrons. The second kappa shape index (κ2) is 8.81. The molecule has 154 valence electrons. The summed E-state index contributed by atoms with van der Waals surface area (Å²) in [5.41, 5.74) is 6.17. The van der Waals surface area contributed by atoms with E-state index < -0.39 is 17.7 Å². The molecule has 0 aromatic heterocycles. The van der Waals surface area contributed by atoms with Crippen molar-refractivity contribution in [1.82, 2.24) is 4.90 Å². The van der Waals surface area contributed by atoms with E-state index in [9.17, 15) is 9.59 Å². The third-order valence-electron chi connectivity index (χ3n) is 4.22. The van der Waals surface area contributed by atoms with Gasteiger partial charge >= 0.3 is 12.1 Å². The smallest absolute Gasteiger partial charge is 0.410 e. The maximum absolute atomic E-state index is 12.8. The Morgan fingerprint density at radius 2 is 2.11 bits per heavy atom. The highest BCUT2D eigenvalue weighted by molar-refractivity contribution is 6.00. The van der Waals surface area contributed by atoms with Crippen LogP contribution in [0.1, 0.15) is 50.8 Å². The molecule has 0 aliphatic carbocycles. The topological polar surface area (TPSA) is 124 Å². The lowest BCUT2D eigenvalue weighted by Gasteiger charge is -2.32. The molecule has 1 aromatic carbocycles. The zero-order chi connectivity index (χ0) is 20.9. The van der Waals surface area contributed by atoms with Crippen molar-refractivity contribution >= 4 is 17.9 Å². The summed E-state index contributed by atoms with van der Waals surface area (Å²) in [7, 11) is 1.31. The van der Waals surface area contributed by atoms with E-state index in [0.717, 1.165) is 0 Å². The number of para-hydroxylation sites is 1. The summed E-state index contributed by atoms with van der Waals surface area (Å²) in [5, 5.41) is 12.1. The lowest BCUT2D eigenvalue weighted by Crippen LogP contribution is -2.40. The van der Waals surface area contributed by atoms with Crippen molar-refractivity contribution in [2.24, 2.45) is 10.9 Å². The third-order valence-corrected chi connectivity index (χ3v) is 4.22. The van der Waals surface area contributed by atoms with Gasteiger partial charge in [-0.15, -0.1) is 0 Å². The number of nitrogens with two attached hydrogens (primary N) is 1. The first-order valence-corrected chi connectivity index (χ1v) is 8.98. The molecule has 28 heavy (non-hydrogen) atoms. The van der Waals surface area contributed by atoms with Crippen molar-refractivity contribution in [2.75, 3.05) is 20.3 Å². The number of amidine groups is 1. The highest BCUT2D eigenvalue weighted by Gasteiger charge is 2.34. The van der Waals surface area contributed by atoms with Gasteiger partial charge in [0.05, 0.1) is 25.3 Å². The monoisotopic (exact) mass is 393 g/mol. The van der Waals surface area contributed by atoms with Gasteiger partial charge in [-0.25, -0.2) is 4.79 Å². The Labute approximate surface area is 164 Å². The third kappa shape index (κ3) is 5.05. The molecular weight excluding hydrogens is 366 g/mol. The fourth-order valence-corrected chi connectivity index (χ4v) is 3.01. The van der Waals surface area contributed by atoms with Crippen molar-refractivity contribution in [2.45, 2.75) is 45.3 Å². The molecule has 1 atom stereocenters. The molecule has 1 aliphatic heterocycles. The Morgan fingerprint density at radius 3 is 2.71 bits per heavy atom. The van der Waals surface area contributed by atoms with Gasteiger partial charge in [-0.05, 0) is 33.3 Å². The number of carbonyl (C=O) groups is 2. The van der Waals surface area contributed by atoms with Crippen LogP contribution in [0.5, 0.6) is 5.75 Å². The van der Waals surface area contributed by atoms with E-state index in [1.165, 1.54) is 12.0 Å². The van der Waals surface area contributed by atoms with Gasteiger partial charge in [-0.3, -0.25) is 9.69 Å². The number of amides is 1. The second-order valence-corrected chi connectivity index (χ2v) is 7.36. The minimum atomic E-state index is -0.671. The minimum Gasteiger partial charge on any atom is -0.491 e. The average molecular weight is 393 g/mol. The lowest BCUT2D eigenvalue weighted by atomic mass is 9.97. The fraction of sp³-hybridized carbons (Fsp3) is 0.526. The van der Waals surface area contributed by atoms with Gasteiger partial charge in [0.2, 0.25) is 0 Å². The number of hydrogen-bond acceptors (Lipinski definition) is 7. The summed E-state index contributed by atoms with van der Waals surface area (Å²) in [6.45, 7) is 5.80. The van der Waals surface area contributed by atoms with Crippen molar-refractivity contribution in [3.05, 3.63) is 29.3 Å². The number of ether oxygens (including phenoxy) is 3. The van der Waals surface area contributed by atoms with E-state index in [2.05, 4.69) is 5.16 Å². The number of methoxy groups -OCH3 is 1. The first kappa shape index (κ1) is 21.3. The van der Waals surface area contributed by atoms with Gasteiger partial charge in [0.1, 0.15) is 18.0 Å². The van der Waals surface area contributed by atoms with Crippen molar-refractivity contribution in [3.8, 4) is 5.75 Å². The van der Waals surface area contributed by atoms with Crippen LogP contribution in [0.25, 0.3) is 0 Å². The second-order valence-electron chi connectivity index (χ2n) is 7.36. The Hall–Kier alpha value is -2.97. The number of oxime groups is 1. The van der Waals surface area contributed by atoms with Crippen molar-refractivity contribution in [1.29, 1.82) is 0 Å². The number of esters is 1. The van der Waals surface area contributed by atoms with Crippen LogP contribution in [0, 0.1) is 0 Å². The summed E-state index contributed by atoms with van der Waals surface area (Å²) in [6.07, 6.45) is -0.0942. The van der Waals surface area contributed by atoms with Gasteiger partial charge < -0.3 is 25.2 Å². The highest BCUT2D eigenvalue weighted by atomic mass is 16.6. The molecule has 9 heteroatoms.